The summed E-state index contributed by atoms with van der Waals surface area (Å²) in [5.74, 6) is 0.369. The summed E-state index contributed by atoms with van der Waals surface area (Å²) in [4.78, 5) is 56.8. The van der Waals surface area contributed by atoms with E-state index in [9.17, 15) is 19.8 Å². The van der Waals surface area contributed by atoms with E-state index in [4.69, 9.17) is 24.2 Å². The fourth-order valence-corrected chi connectivity index (χ4v) is 12.7. The van der Waals surface area contributed by atoms with Crippen LogP contribution in [0.25, 0.3) is 54.6 Å². The molecule has 13 rings (SSSR count). The third-order valence-corrected chi connectivity index (χ3v) is 17.6. The summed E-state index contributed by atoms with van der Waals surface area (Å²) >= 11 is 1.54. The molecule has 85 heavy (non-hydrogen) atoms. The number of hydrogen-bond acceptors (Lipinski definition) is 18. The first-order valence-corrected chi connectivity index (χ1v) is 29.8. The summed E-state index contributed by atoms with van der Waals surface area (Å²) in [6.07, 6.45) is 9.11. The number of aliphatic hydroxyl groups is 2. The molecule has 0 unspecified atom stereocenters. The zero-order valence-electron chi connectivity index (χ0n) is 47.5. The van der Waals surface area contributed by atoms with Crippen molar-refractivity contribution in [3.8, 4) is 44.6 Å². The van der Waals surface area contributed by atoms with E-state index in [1.54, 1.807) is 43.3 Å². The van der Waals surface area contributed by atoms with Crippen molar-refractivity contribution in [2.45, 2.75) is 109 Å². The molecule has 9 aromatic rings. The van der Waals surface area contributed by atoms with Crippen LogP contribution in [0.5, 0.6) is 11.8 Å². The smallest absolute Gasteiger partial charge is 0.319 e. The van der Waals surface area contributed by atoms with Gasteiger partial charge in [-0.05, 0) is 84.5 Å². The lowest BCUT2D eigenvalue weighted by Crippen LogP contribution is -2.55. The van der Waals surface area contributed by atoms with Crippen LogP contribution in [0.15, 0.2) is 97.0 Å². The van der Waals surface area contributed by atoms with Gasteiger partial charge in [-0.1, -0.05) is 67.6 Å². The maximum atomic E-state index is 16.2. The summed E-state index contributed by atoms with van der Waals surface area (Å²) in [5.41, 5.74) is 10.4. The first-order valence-electron chi connectivity index (χ1n) is 28.9. The number of hydrogen-bond donors (Lipinski definition) is 5. The molecule has 4 aliphatic rings. The van der Waals surface area contributed by atoms with Crippen molar-refractivity contribution in [1.82, 2.24) is 60.3 Å². The molecule has 438 valence electrons. The van der Waals surface area contributed by atoms with E-state index in [-0.39, 0.29) is 67.9 Å². The molecule has 3 saturated heterocycles. The number of H-pyrrole nitrogens is 1. The Labute approximate surface area is 493 Å². The van der Waals surface area contributed by atoms with Crippen molar-refractivity contribution < 1.29 is 38.4 Å². The zero-order chi connectivity index (χ0) is 58.5. The van der Waals surface area contributed by atoms with Gasteiger partial charge in [-0.2, -0.15) is 15.1 Å². The number of aliphatic hydroxyl groups excluding tert-OH is 2. The van der Waals surface area contributed by atoms with Crippen LogP contribution in [-0.4, -0.2) is 141 Å². The Morgan fingerprint density at radius 3 is 2.41 bits per heavy atom. The van der Waals surface area contributed by atoms with Gasteiger partial charge in [0.05, 0.1) is 72.0 Å². The molecule has 5 N–H and O–H groups in total. The molecule has 23 heteroatoms. The lowest BCUT2D eigenvalue weighted by atomic mass is 9.88. The molecule has 1 saturated carbocycles. The molecule has 2 amide bonds. The molecule has 0 bridgehead atoms. The quantitative estimate of drug-likeness (QED) is 0.0509. The number of aromatic nitrogens is 10. The molecule has 8 heterocycles. The van der Waals surface area contributed by atoms with E-state index in [1.807, 2.05) is 69.3 Å². The average Bonchev–Trinajstić information content (AvgIpc) is 2.07. The van der Waals surface area contributed by atoms with Crippen LogP contribution < -0.4 is 25.0 Å². The Balaban J connectivity index is 0.781. The molecule has 0 radical (unpaired) electrons. The molecule has 4 atom stereocenters. The van der Waals surface area contributed by atoms with Crippen LogP contribution in [0.1, 0.15) is 91.9 Å². The number of nitrogens with one attached hydrogen (secondary N) is 3. The number of carbonyl (C=O) groups is 2. The normalized spacial score (nSPS) is 18.3. The lowest BCUT2D eigenvalue weighted by molar-refractivity contribution is -0.142. The van der Waals surface area contributed by atoms with Gasteiger partial charge >= 0.3 is 6.01 Å². The van der Waals surface area contributed by atoms with Gasteiger partial charge in [0.25, 0.3) is 0 Å². The summed E-state index contributed by atoms with van der Waals surface area (Å²) in [7, 11) is 0. The van der Waals surface area contributed by atoms with Crippen LogP contribution in [0.4, 0.5) is 16.2 Å². The second-order valence-electron chi connectivity index (χ2n) is 22.9. The topological polar surface area (TPSA) is 257 Å². The highest BCUT2D eigenvalue weighted by Crippen LogP contribution is 2.53. The molecule has 1 aliphatic carbocycles. The Kier molecular flexibility index (Phi) is 15.4. The van der Waals surface area contributed by atoms with E-state index in [1.165, 1.54) is 27.0 Å². The van der Waals surface area contributed by atoms with E-state index in [0.29, 0.717) is 90.1 Å². The summed E-state index contributed by atoms with van der Waals surface area (Å²) in [6, 6.07) is 18.3. The van der Waals surface area contributed by atoms with E-state index in [2.05, 4.69) is 57.1 Å². The fourth-order valence-electron chi connectivity index (χ4n) is 11.9. The van der Waals surface area contributed by atoms with Crippen molar-refractivity contribution in [1.29, 1.82) is 0 Å². The second-order valence-corrected chi connectivity index (χ2v) is 23.8. The van der Waals surface area contributed by atoms with E-state index >= 15 is 4.39 Å². The van der Waals surface area contributed by atoms with Crippen LogP contribution in [0.3, 0.4) is 0 Å². The minimum Gasteiger partial charge on any atom is -0.486 e. The minimum atomic E-state index is -0.988. The number of benzene rings is 4. The van der Waals surface area contributed by atoms with Gasteiger partial charge in [0.15, 0.2) is 5.75 Å². The number of likely N-dealkylation sites (tertiary alicyclic amines) is 1. The second kappa shape index (κ2) is 23.5. The lowest BCUT2D eigenvalue weighted by Gasteiger charge is -2.39. The van der Waals surface area contributed by atoms with Gasteiger partial charge in [0.2, 0.25) is 17.8 Å². The largest absolute Gasteiger partial charge is 0.486 e. The monoisotopic (exact) mass is 1170 g/mol. The Morgan fingerprint density at radius 1 is 0.929 bits per heavy atom. The molecule has 4 fully saturated rings. The standard InChI is InChI=1S/C62H65FN14O7S/c1-33(2)55(60(81)76-28-42(79)22-51(76)59(80)69-50(30-78)39-12-14-40(15-13-39)57-35(4)66-32-85-57)77-29-49(73-74-77)38-8-6-36(7-9-38)31-83-56-53(52-34(3)47(63)24-48-46(52)25-67-72-48)44(37-10-11-37)23-45-54(56)70-62(84-43-16-20-82-21-17-43)71-58(45)68-41-26-75(27-41)61-64-18-5-19-65-61/h5-9,12-15,18-19,23-25,29,32-33,37,41-43,50-51,55,78-79H,10-11,16-17,20-22,26-28,30-31H2,1-4H3,(H,67,72)(H,69,80)(H,68,70,71)/t42-,50+,51+,55+/m1/s1. The third kappa shape index (κ3) is 11.2. The number of thiazole rings is 1. The number of aromatic amines is 1. The van der Waals surface area contributed by atoms with Gasteiger partial charge in [0, 0.05) is 78.8 Å². The zero-order valence-corrected chi connectivity index (χ0v) is 48.3. The molecule has 21 nitrogen and oxygen atoms in total. The summed E-state index contributed by atoms with van der Waals surface area (Å²) < 4.78 is 37.1. The van der Waals surface area contributed by atoms with Crippen molar-refractivity contribution >= 4 is 56.7 Å². The first-order chi connectivity index (χ1) is 41.3. The number of anilines is 2. The number of nitrogens with zero attached hydrogens (tertiary/aromatic N) is 11. The van der Waals surface area contributed by atoms with Crippen LogP contribution in [0, 0.1) is 25.6 Å². The Bertz CT molecular complexity index is 3900. The molecular weight excluding hydrogens is 1100 g/mol. The van der Waals surface area contributed by atoms with Crippen molar-refractivity contribution in [2.75, 3.05) is 49.7 Å². The molecule has 0 spiro atoms. The fraction of sp³-hybridized carbons (Fsp3) is 0.387. The van der Waals surface area contributed by atoms with Gasteiger partial charge in [-0.15, -0.1) is 16.4 Å². The number of aryl methyl sites for hydroxylation is 1. The highest BCUT2D eigenvalue weighted by molar-refractivity contribution is 7.13. The number of ether oxygens (including phenoxy) is 3. The maximum absolute atomic E-state index is 16.2. The molecule has 3 aliphatic heterocycles. The maximum Gasteiger partial charge on any atom is 0.319 e. The van der Waals surface area contributed by atoms with Gasteiger partial charge in [-0.25, -0.2) is 24.0 Å². The first kappa shape index (κ1) is 55.7. The predicted molar refractivity (Wildman–Crippen MR) is 317 cm³/mol. The van der Waals surface area contributed by atoms with Crippen molar-refractivity contribution in [3.05, 3.63) is 131 Å². The highest BCUT2D eigenvalue weighted by atomic mass is 32.1. The minimum absolute atomic E-state index is 0.00509. The molecule has 5 aromatic heterocycles. The molecular formula is C62H65FN14O7S. The number of halogens is 1. The number of rotatable bonds is 19. The average molecular weight is 1170 g/mol. The molecule has 4 aromatic carbocycles. The number of fused-ring (bicyclic) bond motifs is 2. The highest BCUT2D eigenvalue weighted by Gasteiger charge is 2.44. The van der Waals surface area contributed by atoms with Crippen molar-refractivity contribution in [3.63, 3.8) is 0 Å². The summed E-state index contributed by atoms with van der Waals surface area (Å²) in [5, 5.41) is 45.9. The number of carbonyl (C=O) groups excluding carboxylic acids is 2. The van der Waals surface area contributed by atoms with E-state index < -0.39 is 30.1 Å². The van der Waals surface area contributed by atoms with E-state index in [0.717, 1.165) is 62.0 Å². The Morgan fingerprint density at radius 2 is 1.69 bits per heavy atom. The summed E-state index contributed by atoms with van der Waals surface area (Å²) in [6.45, 7) is 9.64. The third-order valence-electron chi connectivity index (χ3n) is 16.7. The Hall–Kier alpha value is -8.51. The SMILES string of the molecule is Cc1ncsc1-c1ccc([C@H](CO)NC(=O)[C@@H]2C[C@@H](O)CN2C(=O)[C@H](C(C)C)n2cc(-c3ccc(COc4c(-c5c(C)c(F)cc6[nH]ncc56)c(C5CC5)cc5c(NC6CN(c7ncccn7)C6)nc(OC6CCOCC6)nc45)cc3)nn2)cc1. The van der Waals surface area contributed by atoms with Crippen molar-refractivity contribution in [2.24, 2.45) is 5.92 Å². The van der Waals surface area contributed by atoms with Crippen LogP contribution >= 0.6 is 11.3 Å². The predicted octanol–water partition coefficient (Wildman–Crippen LogP) is 8.42. The van der Waals surface area contributed by atoms with Gasteiger partial charge < -0.3 is 44.9 Å². The number of β-amino-alcohol motifs (C(OH)–C–C–N with tert-alkyl or cyclic N) is 1. The van der Waals surface area contributed by atoms with Gasteiger partial charge in [-0.3, -0.25) is 14.7 Å². The van der Waals surface area contributed by atoms with Crippen LogP contribution in [0.2, 0.25) is 0 Å². The van der Waals surface area contributed by atoms with Gasteiger partial charge in [0.1, 0.15) is 47.6 Å². The number of amides is 2. The van der Waals surface area contributed by atoms with Crippen LogP contribution in [-0.2, 0) is 20.9 Å².